The van der Waals surface area contributed by atoms with E-state index in [-0.39, 0.29) is 5.91 Å². The van der Waals surface area contributed by atoms with Crippen LogP contribution in [0.2, 0.25) is 0 Å². The van der Waals surface area contributed by atoms with E-state index in [4.69, 9.17) is 34.8 Å². The van der Waals surface area contributed by atoms with Crippen LogP contribution < -0.4 is 10.6 Å². The lowest BCUT2D eigenvalue weighted by atomic mass is 10.1. The molecule has 0 fully saturated rings. The predicted octanol–water partition coefficient (Wildman–Crippen LogP) is 5.15. The molecule has 0 aliphatic rings. The molecule has 2 rings (SSSR count). The van der Waals surface area contributed by atoms with E-state index >= 15 is 0 Å². The number of hydrogen-bond acceptors (Lipinski definition) is 2. The zero-order chi connectivity index (χ0) is 17.9. The Labute approximate surface area is 157 Å². The molecule has 0 saturated heterocycles. The van der Waals surface area contributed by atoms with Crippen LogP contribution in [0.4, 0.5) is 5.69 Å². The largest absolute Gasteiger partial charge is 0.362 e. The Morgan fingerprint density at radius 2 is 1.67 bits per heavy atom. The minimum absolute atomic E-state index is 0.312. The second kappa shape index (κ2) is 7.64. The highest BCUT2D eigenvalue weighted by Gasteiger charge is 2.34. The van der Waals surface area contributed by atoms with Gasteiger partial charge in [-0.05, 0) is 50.1 Å². The average Bonchev–Trinajstić information content (AvgIpc) is 2.49. The standard InChI is InChI=1S/C18H19Cl3N2O/c1-11-5-4-6-14(9-11)16(24)23-17(18(19,20)21)22-15-10-12(2)7-8-13(15)3/h4-10,17,22H,1-3H3,(H,23,24)/t17-/m1/s1. The fraction of sp³-hybridized carbons (Fsp3) is 0.278. The number of halogens is 3. The first-order valence-electron chi connectivity index (χ1n) is 7.45. The minimum Gasteiger partial charge on any atom is -0.362 e. The van der Waals surface area contributed by atoms with Gasteiger partial charge in [-0.25, -0.2) is 0 Å². The molecule has 128 valence electrons. The molecule has 0 spiro atoms. The topological polar surface area (TPSA) is 41.1 Å². The molecule has 0 aromatic heterocycles. The Bertz CT molecular complexity index is 741. The second-order valence-electron chi connectivity index (χ2n) is 5.78. The zero-order valence-corrected chi connectivity index (χ0v) is 15.9. The third kappa shape index (κ3) is 5.04. The quantitative estimate of drug-likeness (QED) is 0.564. The van der Waals surface area contributed by atoms with Crippen LogP contribution in [0.3, 0.4) is 0 Å². The molecule has 0 bridgehead atoms. The molecule has 3 nitrogen and oxygen atoms in total. The van der Waals surface area contributed by atoms with Crippen LogP contribution in [-0.4, -0.2) is 15.9 Å². The summed E-state index contributed by atoms with van der Waals surface area (Å²) in [6.45, 7) is 5.83. The van der Waals surface area contributed by atoms with E-state index < -0.39 is 9.96 Å². The van der Waals surface area contributed by atoms with Crippen molar-refractivity contribution in [3.8, 4) is 0 Å². The smallest absolute Gasteiger partial charge is 0.252 e. The van der Waals surface area contributed by atoms with Crippen LogP contribution >= 0.6 is 34.8 Å². The molecular weight excluding hydrogens is 367 g/mol. The molecule has 2 aromatic rings. The molecule has 0 heterocycles. The summed E-state index contributed by atoms with van der Waals surface area (Å²) in [5, 5.41) is 5.87. The van der Waals surface area contributed by atoms with E-state index in [1.165, 1.54) is 0 Å². The SMILES string of the molecule is Cc1cccc(C(=O)N[C@@H](Nc2cc(C)ccc2C)C(Cl)(Cl)Cl)c1. The number of aryl methyl sites for hydroxylation is 3. The Balaban J connectivity index is 2.23. The van der Waals surface area contributed by atoms with Gasteiger partial charge in [-0.15, -0.1) is 0 Å². The third-order valence-corrected chi connectivity index (χ3v) is 4.23. The molecule has 2 N–H and O–H groups in total. The molecular formula is C18H19Cl3N2O. The van der Waals surface area contributed by atoms with Crippen molar-refractivity contribution in [3.05, 3.63) is 64.7 Å². The van der Waals surface area contributed by atoms with E-state index in [0.29, 0.717) is 5.56 Å². The van der Waals surface area contributed by atoms with Crippen molar-refractivity contribution < 1.29 is 4.79 Å². The van der Waals surface area contributed by atoms with E-state index in [9.17, 15) is 4.79 Å². The highest BCUT2D eigenvalue weighted by molar-refractivity contribution is 6.68. The Hall–Kier alpha value is -1.42. The Kier molecular flexibility index (Phi) is 6.02. The Morgan fingerprint density at radius 1 is 1.00 bits per heavy atom. The van der Waals surface area contributed by atoms with Crippen molar-refractivity contribution in [2.45, 2.75) is 30.7 Å². The summed E-state index contributed by atoms with van der Waals surface area (Å²) in [6.07, 6.45) is -0.879. The molecule has 1 atom stereocenters. The number of amides is 1. The van der Waals surface area contributed by atoms with Crippen molar-refractivity contribution >= 4 is 46.4 Å². The number of benzene rings is 2. The lowest BCUT2D eigenvalue weighted by Crippen LogP contribution is -2.49. The number of nitrogens with one attached hydrogen (secondary N) is 2. The third-order valence-electron chi connectivity index (χ3n) is 3.58. The predicted molar refractivity (Wildman–Crippen MR) is 102 cm³/mol. The molecule has 0 unspecified atom stereocenters. The summed E-state index contributed by atoms with van der Waals surface area (Å²) in [5.74, 6) is -0.312. The van der Waals surface area contributed by atoms with E-state index in [0.717, 1.165) is 22.4 Å². The fourth-order valence-electron chi connectivity index (χ4n) is 2.25. The number of carbonyl (C=O) groups is 1. The maximum Gasteiger partial charge on any atom is 0.252 e. The van der Waals surface area contributed by atoms with Gasteiger partial charge in [-0.3, -0.25) is 4.79 Å². The van der Waals surface area contributed by atoms with Crippen LogP contribution in [0.1, 0.15) is 27.0 Å². The molecule has 2 aromatic carbocycles. The molecule has 0 saturated carbocycles. The summed E-state index contributed by atoms with van der Waals surface area (Å²) >= 11 is 18.2. The van der Waals surface area contributed by atoms with E-state index in [1.54, 1.807) is 12.1 Å². The van der Waals surface area contributed by atoms with Gasteiger partial charge in [-0.2, -0.15) is 0 Å². The van der Waals surface area contributed by atoms with Crippen LogP contribution in [0.15, 0.2) is 42.5 Å². The van der Waals surface area contributed by atoms with Gasteiger partial charge < -0.3 is 10.6 Å². The average molecular weight is 386 g/mol. The van der Waals surface area contributed by atoms with E-state index in [1.807, 2.05) is 51.1 Å². The highest BCUT2D eigenvalue weighted by atomic mass is 35.6. The van der Waals surface area contributed by atoms with Gasteiger partial charge in [0.2, 0.25) is 3.79 Å². The lowest BCUT2D eigenvalue weighted by molar-refractivity contribution is 0.0941. The van der Waals surface area contributed by atoms with Crippen LogP contribution in [0, 0.1) is 20.8 Å². The lowest BCUT2D eigenvalue weighted by Gasteiger charge is -2.28. The first-order chi connectivity index (χ1) is 11.2. The summed E-state index contributed by atoms with van der Waals surface area (Å²) < 4.78 is -1.71. The Morgan fingerprint density at radius 3 is 2.29 bits per heavy atom. The highest BCUT2D eigenvalue weighted by Crippen LogP contribution is 2.32. The summed E-state index contributed by atoms with van der Waals surface area (Å²) in [7, 11) is 0. The number of alkyl halides is 3. The van der Waals surface area contributed by atoms with Gasteiger partial charge in [0.05, 0.1) is 0 Å². The van der Waals surface area contributed by atoms with Gasteiger partial charge in [-0.1, -0.05) is 64.6 Å². The van der Waals surface area contributed by atoms with Crippen LogP contribution in [0.25, 0.3) is 0 Å². The monoisotopic (exact) mass is 384 g/mol. The van der Waals surface area contributed by atoms with Crippen LogP contribution in [-0.2, 0) is 0 Å². The minimum atomic E-state index is -1.71. The molecule has 0 aliphatic heterocycles. The number of rotatable bonds is 4. The summed E-state index contributed by atoms with van der Waals surface area (Å²) in [6, 6.07) is 13.1. The van der Waals surface area contributed by atoms with E-state index in [2.05, 4.69) is 10.6 Å². The number of carbonyl (C=O) groups excluding carboxylic acids is 1. The van der Waals surface area contributed by atoms with Gasteiger partial charge in [0.1, 0.15) is 6.17 Å². The number of hydrogen-bond donors (Lipinski definition) is 2. The van der Waals surface area contributed by atoms with Gasteiger partial charge in [0.15, 0.2) is 0 Å². The molecule has 24 heavy (non-hydrogen) atoms. The van der Waals surface area contributed by atoms with Crippen molar-refractivity contribution in [2.24, 2.45) is 0 Å². The normalized spacial score (nSPS) is 12.6. The second-order valence-corrected chi connectivity index (χ2v) is 8.15. The first kappa shape index (κ1) is 18.9. The van der Waals surface area contributed by atoms with Crippen LogP contribution in [0.5, 0.6) is 0 Å². The molecule has 0 radical (unpaired) electrons. The summed E-state index contributed by atoms with van der Waals surface area (Å²) in [4.78, 5) is 12.5. The number of anilines is 1. The van der Waals surface area contributed by atoms with Gasteiger partial charge in [0.25, 0.3) is 5.91 Å². The van der Waals surface area contributed by atoms with Crippen molar-refractivity contribution in [1.82, 2.24) is 5.32 Å². The fourth-order valence-corrected chi connectivity index (χ4v) is 2.57. The summed E-state index contributed by atoms with van der Waals surface area (Å²) in [5.41, 5.74) is 4.35. The molecule has 1 amide bonds. The van der Waals surface area contributed by atoms with Crippen molar-refractivity contribution in [2.75, 3.05) is 5.32 Å². The van der Waals surface area contributed by atoms with Gasteiger partial charge >= 0.3 is 0 Å². The van der Waals surface area contributed by atoms with Gasteiger partial charge in [0, 0.05) is 11.3 Å². The molecule has 0 aliphatic carbocycles. The van der Waals surface area contributed by atoms with Crippen molar-refractivity contribution in [1.29, 1.82) is 0 Å². The first-order valence-corrected chi connectivity index (χ1v) is 8.58. The van der Waals surface area contributed by atoms with Crippen molar-refractivity contribution in [3.63, 3.8) is 0 Å². The molecule has 6 heteroatoms. The zero-order valence-electron chi connectivity index (χ0n) is 13.7. The maximum atomic E-state index is 12.5. The maximum absolute atomic E-state index is 12.5.